The van der Waals surface area contributed by atoms with Crippen molar-refractivity contribution in [3.8, 4) is 0 Å². The second-order valence-electron chi connectivity index (χ2n) is 4.70. The van der Waals surface area contributed by atoms with E-state index in [-0.39, 0.29) is 0 Å². The monoisotopic (exact) mass is 198 g/mol. The van der Waals surface area contributed by atoms with Gasteiger partial charge in [0.05, 0.1) is 0 Å². The van der Waals surface area contributed by atoms with Crippen molar-refractivity contribution in [1.82, 2.24) is 9.80 Å². The van der Waals surface area contributed by atoms with Gasteiger partial charge in [-0.05, 0) is 33.0 Å². The summed E-state index contributed by atoms with van der Waals surface area (Å²) < 4.78 is 0. The molecule has 0 radical (unpaired) electrons. The predicted molar refractivity (Wildman–Crippen MR) is 62.6 cm³/mol. The van der Waals surface area contributed by atoms with Crippen LogP contribution in [0.4, 0.5) is 0 Å². The van der Waals surface area contributed by atoms with Crippen LogP contribution in [0.3, 0.4) is 0 Å². The second-order valence-corrected chi connectivity index (χ2v) is 4.70. The Balaban J connectivity index is 0.000000461. The van der Waals surface area contributed by atoms with Crippen molar-refractivity contribution >= 4 is 0 Å². The lowest BCUT2D eigenvalue weighted by molar-refractivity contribution is 0.0308. The molecular formula is C12H26N2. The van der Waals surface area contributed by atoms with Crippen LogP contribution in [0.15, 0.2) is 0 Å². The SMILES string of the molecule is CC.CCCN1CCC2(CN(C)C2)C1. The van der Waals surface area contributed by atoms with E-state index in [4.69, 9.17) is 0 Å². The minimum absolute atomic E-state index is 0.712. The highest BCUT2D eigenvalue weighted by molar-refractivity contribution is 4.99. The lowest BCUT2D eigenvalue weighted by Crippen LogP contribution is -2.55. The van der Waals surface area contributed by atoms with E-state index < -0.39 is 0 Å². The molecule has 0 N–H and O–H groups in total. The van der Waals surface area contributed by atoms with Gasteiger partial charge in [0.2, 0.25) is 0 Å². The Morgan fingerprint density at radius 3 is 2.29 bits per heavy atom. The molecule has 2 fully saturated rings. The molecule has 0 aromatic carbocycles. The van der Waals surface area contributed by atoms with E-state index in [1.807, 2.05) is 13.8 Å². The van der Waals surface area contributed by atoms with Crippen molar-refractivity contribution in [2.24, 2.45) is 5.41 Å². The van der Waals surface area contributed by atoms with Crippen LogP contribution in [0.25, 0.3) is 0 Å². The zero-order chi connectivity index (χ0) is 10.6. The highest BCUT2D eigenvalue weighted by Gasteiger charge is 2.45. The third-order valence-corrected chi connectivity index (χ3v) is 3.27. The van der Waals surface area contributed by atoms with Crippen molar-refractivity contribution in [3.05, 3.63) is 0 Å². The first kappa shape index (κ1) is 12.0. The maximum absolute atomic E-state index is 2.63. The molecule has 0 atom stereocenters. The van der Waals surface area contributed by atoms with Crippen LogP contribution in [-0.2, 0) is 0 Å². The molecule has 0 aliphatic carbocycles. The molecule has 2 nitrogen and oxygen atoms in total. The van der Waals surface area contributed by atoms with Crippen LogP contribution < -0.4 is 0 Å². The molecular weight excluding hydrogens is 172 g/mol. The Morgan fingerprint density at radius 2 is 1.79 bits per heavy atom. The fourth-order valence-electron chi connectivity index (χ4n) is 2.89. The van der Waals surface area contributed by atoms with Gasteiger partial charge in [-0.2, -0.15) is 0 Å². The Morgan fingerprint density at radius 1 is 1.14 bits per heavy atom. The van der Waals surface area contributed by atoms with Gasteiger partial charge < -0.3 is 9.80 Å². The highest BCUT2D eigenvalue weighted by atomic mass is 15.2. The molecule has 14 heavy (non-hydrogen) atoms. The first-order valence-electron chi connectivity index (χ1n) is 6.15. The molecule has 0 bridgehead atoms. The molecule has 2 aliphatic rings. The lowest BCUT2D eigenvalue weighted by atomic mass is 9.79. The molecule has 0 aromatic heterocycles. The maximum Gasteiger partial charge on any atom is 0.00966 e. The van der Waals surface area contributed by atoms with E-state index in [2.05, 4.69) is 23.8 Å². The summed E-state index contributed by atoms with van der Waals surface area (Å²) in [6.45, 7) is 13.0. The van der Waals surface area contributed by atoms with Gasteiger partial charge >= 0.3 is 0 Å². The van der Waals surface area contributed by atoms with Gasteiger partial charge in [-0.3, -0.25) is 0 Å². The fraction of sp³-hybridized carbons (Fsp3) is 1.00. The third kappa shape index (κ3) is 2.48. The summed E-state index contributed by atoms with van der Waals surface area (Å²) in [5, 5.41) is 0. The Hall–Kier alpha value is -0.0800. The summed E-state index contributed by atoms with van der Waals surface area (Å²) in [5.41, 5.74) is 0.712. The molecule has 1 spiro atoms. The number of hydrogen-bond acceptors (Lipinski definition) is 2. The summed E-state index contributed by atoms with van der Waals surface area (Å²) in [4.78, 5) is 5.07. The quantitative estimate of drug-likeness (QED) is 0.670. The molecule has 0 unspecified atom stereocenters. The Bertz CT molecular complexity index is 162. The van der Waals surface area contributed by atoms with Crippen molar-refractivity contribution in [3.63, 3.8) is 0 Å². The average molecular weight is 198 g/mol. The summed E-state index contributed by atoms with van der Waals surface area (Å²) in [7, 11) is 2.23. The van der Waals surface area contributed by atoms with Gasteiger partial charge in [-0.15, -0.1) is 0 Å². The normalized spacial score (nSPS) is 25.7. The second kappa shape index (κ2) is 5.13. The minimum atomic E-state index is 0.712. The minimum Gasteiger partial charge on any atom is -0.305 e. The van der Waals surface area contributed by atoms with E-state index in [1.165, 1.54) is 45.6 Å². The number of likely N-dealkylation sites (tertiary alicyclic amines) is 2. The van der Waals surface area contributed by atoms with Gasteiger partial charge in [0, 0.05) is 25.0 Å². The molecule has 2 heterocycles. The van der Waals surface area contributed by atoms with Crippen LogP contribution in [0.1, 0.15) is 33.6 Å². The van der Waals surface area contributed by atoms with Crippen LogP contribution in [-0.4, -0.2) is 49.6 Å². The topological polar surface area (TPSA) is 6.48 Å². The van der Waals surface area contributed by atoms with Gasteiger partial charge in [-0.25, -0.2) is 0 Å². The third-order valence-electron chi connectivity index (χ3n) is 3.27. The first-order chi connectivity index (χ1) is 6.74. The van der Waals surface area contributed by atoms with Crippen LogP contribution in [0.2, 0.25) is 0 Å². The zero-order valence-corrected chi connectivity index (χ0v) is 10.3. The van der Waals surface area contributed by atoms with Crippen molar-refractivity contribution < 1.29 is 0 Å². The van der Waals surface area contributed by atoms with Crippen LogP contribution >= 0.6 is 0 Å². The van der Waals surface area contributed by atoms with Crippen LogP contribution in [0, 0.1) is 5.41 Å². The van der Waals surface area contributed by atoms with Gasteiger partial charge in [-0.1, -0.05) is 20.8 Å². The fourth-order valence-corrected chi connectivity index (χ4v) is 2.89. The standard InChI is InChI=1S/C10H20N2.C2H6/c1-3-5-12-6-4-10(9-12)7-11(2)8-10;1-2/h3-9H2,1-2H3;1-2H3. The first-order valence-corrected chi connectivity index (χ1v) is 6.15. The Labute approximate surface area is 89.3 Å². The van der Waals surface area contributed by atoms with Crippen molar-refractivity contribution in [2.75, 3.05) is 39.8 Å². The zero-order valence-electron chi connectivity index (χ0n) is 10.3. The van der Waals surface area contributed by atoms with Crippen molar-refractivity contribution in [2.45, 2.75) is 33.6 Å². The summed E-state index contributed by atoms with van der Waals surface area (Å²) in [5.74, 6) is 0. The molecule has 84 valence electrons. The highest BCUT2D eigenvalue weighted by Crippen LogP contribution is 2.38. The molecule has 0 aromatic rings. The summed E-state index contributed by atoms with van der Waals surface area (Å²) in [6, 6.07) is 0. The average Bonchev–Trinajstić information content (AvgIpc) is 2.53. The summed E-state index contributed by atoms with van der Waals surface area (Å²) in [6.07, 6.45) is 2.75. The van der Waals surface area contributed by atoms with E-state index in [0.29, 0.717) is 5.41 Å². The molecule has 2 saturated heterocycles. The molecule has 2 heteroatoms. The smallest absolute Gasteiger partial charge is 0.00966 e. The van der Waals surface area contributed by atoms with Crippen molar-refractivity contribution in [1.29, 1.82) is 0 Å². The summed E-state index contributed by atoms with van der Waals surface area (Å²) >= 11 is 0. The van der Waals surface area contributed by atoms with E-state index in [1.54, 1.807) is 0 Å². The van der Waals surface area contributed by atoms with E-state index in [0.717, 1.165) is 0 Å². The van der Waals surface area contributed by atoms with Gasteiger partial charge in [0.25, 0.3) is 0 Å². The maximum atomic E-state index is 2.63. The lowest BCUT2D eigenvalue weighted by Gasteiger charge is -2.46. The predicted octanol–water partition coefficient (Wildman–Crippen LogP) is 2.06. The molecule has 2 aliphatic heterocycles. The van der Waals surface area contributed by atoms with Gasteiger partial charge in [0.1, 0.15) is 0 Å². The largest absolute Gasteiger partial charge is 0.305 e. The molecule has 2 rings (SSSR count). The molecule has 0 saturated carbocycles. The molecule has 0 amide bonds. The van der Waals surface area contributed by atoms with E-state index in [9.17, 15) is 0 Å². The number of nitrogens with zero attached hydrogens (tertiary/aromatic N) is 2. The number of hydrogen-bond donors (Lipinski definition) is 0. The van der Waals surface area contributed by atoms with Gasteiger partial charge in [0.15, 0.2) is 0 Å². The van der Waals surface area contributed by atoms with E-state index >= 15 is 0 Å². The van der Waals surface area contributed by atoms with Crippen LogP contribution in [0.5, 0.6) is 0 Å². The Kier molecular flexibility index (Phi) is 4.39. The number of rotatable bonds is 2.